The lowest BCUT2D eigenvalue weighted by atomic mass is 9.61. The predicted octanol–water partition coefficient (Wildman–Crippen LogP) is 4.23. The third-order valence-electron chi connectivity index (χ3n) is 7.02. The summed E-state index contributed by atoms with van der Waals surface area (Å²) in [6.45, 7) is 1.35. The molecule has 0 aliphatic heterocycles. The first kappa shape index (κ1) is 27.9. The van der Waals surface area contributed by atoms with Gasteiger partial charge in [0, 0.05) is 12.3 Å². The summed E-state index contributed by atoms with van der Waals surface area (Å²) < 4.78 is 22.0. The lowest BCUT2D eigenvalue weighted by molar-refractivity contribution is -0.174. The first-order valence-corrected chi connectivity index (χ1v) is 12.6. The van der Waals surface area contributed by atoms with Gasteiger partial charge in [-0.05, 0) is 35.7 Å². The number of benzene rings is 3. The van der Waals surface area contributed by atoms with Crippen molar-refractivity contribution in [2.45, 2.75) is 38.1 Å². The second kappa shape index (κ2) is 12.1. The minimum absolute atomic E-state index is 0.0258. The van der Waals surface area contributed by atoms with Crippen molar-refractivity contribution in [1.82, 2.24) is 0 Å². The molecular weight excluding hydrogens is 500 g/mol. The Bertz CT molecular complexity index is 1300. The summed E-state index contributed by atoms with van der Waals surface area (Å²) >= 11 is 0. The highest BCUT2D eigenvalue weighted by Crippen LogP contribution is 2.48. The normalized spacial score (nSPS) is 22.6. The average Bonchev–Trinajstić information content (AvgIpc) is 2.94. The number of aliphatic hydroxyl groups is 1. The van der Waals surface area contributed by atoms with Gasteiger partial charge in [0.15, 0.2) is 17.3 Å². The molecular formula is C31H32O8. The van der Waals surface area contributed by atoms with Crippen LogP contribution in [0, 0.1) is 11.8 Å². The van der Waals surface area contributed by atoms with Gasteiger partial charge in [-0.1, -0.05) is 66.7 Å². The van der Waals surface area contributed by atoms with E-state index in [0.29, 0.717) is 17.1 Å². The Balaban J connectivity index is 1.72. The van der Waals surface area contributed by atoms with Crippen molar-refractivity contribution < 1.29 is 38.4 Å². The second-order valence-corrected chi connectivity index (χ2v) is 9.78. The third kappa shape index (κ3) is 6.29. The van der Waals surface area contributed by atoms with Crippen molar-refractivity contribution in [2.24, 2.45) is 11.8 Å². The molecule has 4 atom stereocenters. The molecule has 0 unspecified atom stereocenters. The number of carbonyl (C=O) groups excluding carboxylic acids is 3. The number of Topliss-reactive ketones (excluding diaryl/α,β-unsaturated/α-hetero) is 1. The van der Waals surface area contributed by atoms with Crippen molar-refractivity contribution in [1.29, 1.82) is 0 Å². The molecule has 0 amide bonds. The molecule has 0 saturated heterocycles. The van der Waals surface area contributed by atoms with Gasteiger partial charge in [-0.3, -0.25) is 14.4 Å². The van der Waals surface area contributed by atoms with Crippen molar-refractivity contribution in [2.75, 3.05) is 14.2 Å². The molecule has 1 aliphatic rings. The van der Waals surface area contributed by atoms with Gasteiger partial charge in [-0.2, -0.15) is 0 Å². The van der Waals surface area contributed by atoms with Crippen LogP contribution in [0.1, 0.15) is 36.0 Å². The number of esters is 2. The molecule has 0 bridgehead atoms. The van der Waals surface area contributed by atoms with Gasteiger partial charge in [0.05, 0.1) is 25.7 Å². The molecule has 0 radical (unpaired) electrons. The Morgan fingerprint density at radius 2 is 1.36 bits per heavy atom. The van der Waals surface area contributed by atoms with Gasteiger partial charge in [0.2, 0.25) is 0 Å². The highest BCUT2D eigenvalue weighted by Gasteiger charge is 2.57. The minimum atomic E-state index is -1.78. The molecule has 1 aliphatic carbocycles. The van der Waals surface area contributed by atoms with E-state index in [1.165, 1.54) is 21.1 Å². The third-order valence-corrected chi connectivity index (χ3v) is 7.02. The van der Waals surface area contributed by atoms with Crippen LogP contribution in [-0.2, 0) is 37.1 Å². The quantitative estimate of drug-likeness (QED) is 0.322. The molecule has 3 aromatic carbocycles. The number of rotatable bonds is 9. The lowest BCUT2D eigenvalue weighted by Gasteiger charge is -2.43. The van der Waals surface area contributed by atoms with Crippen molar-refractivity contribution in [3.8, 4) is 11.5 Å². The first-order chi connectivity index (χ1) is 18.7. The molecule has 3 aromatic rings. The zero-order chi connectivity index (χ0) is 28.0. The molecule has 204 valence electrons. The largest absolute Gasteiger partial charge is 0.493 e. The molecule has 39 heavy (non-hydrogen) atoms. The number of ether oxygens (including phenoxy) is 4. The van der Waals surface area contributed by atoms with Crippen LogP contribution in [0.3, 0.4) is 0 Å². The zero-order valence-corrected chi connectivity index (χ0v) is 22.2. The Hall–Kier alpha value is -4.17. The van der Waals surface area contributed by atoms with E-state index in [0.717, 1.165) is 11.1 Å². The Kier molecular flexibility index (Phi) is 8.66. The highest BCUT2D eigenvalue weighted by molar-refractivity contribution is 6.02. The number of methoxy groups -OCH3 is 2. The highest BCUT2D eigenvalue weighted by atomic mass is 16.5. The number of hydrogen-bond acceptors (Lipinski definition) is 8. The van der Waals surface area contributed by atoms with Gasteiger partial charge < -0.3 is 24.1 Å². The van der Waals surface area contributed by atoms with Crippen LogP contribution in [0.25, 0.3) is 0 Å². The van der Waals surface area contributed by atoms with E-state index >= 15 is 0 Å². The monoisotopic (exact) mass is 532 g/mol. The van der Waals surface area contributed by atoms with Gasteiger partial charge >= 0.3 is 11.9 Å². The van der Waals surface area contributed by atoms with E-state index in [9.17, 15) is 19.5 Å². The fourth-order valence-corrected chi connectivity index (χ4v) is 5.11. The standard InChI is InChI=1S/C31H32O8/c1-31(35)17-23(32)27(29(33)38-18-20-10-6-4-7-11-20)26(22-14-15-24(36-2)25(16-22)37-3)28(31)30(34)39-19-21-12-8-5-9-13-21/h4-16,26-28,35H,17-19H2,1-3H3/t26-,27+,28+,31+/m0/s1. The van der Waals surface area contributed by atoms with E-state index in [2.05, 4.69) is 0 Å². The Labute approximate surface area is 227 Å². The van der Waals surface area contributed by atoms with Crippen molar-refractivity contribution in [3.05, 3.63) is 95.6 Å². The SMILES string of the molecule is COc1ccc([C@H]2[C@H](C(=O)OCc3ccccc3)C(=O)C[C@@](C)(O)[C@H]2C(=O)OCc2ccccc2)cc1OC. The summed E-state index contributed by atoms with van der Waals surface area (Å²) in [5.74, 6) is -4.91. The zero-order valence-electron chi connectivity index (χ0n) is 22.2. The fraction of sp³-hybridized carbons (Fsp3) is 0.323. The van der Waals surface area contributed by atoms with Crippen LogP contribution < -0.4 is 9.47 Å². The maximum atomic E-state index is 13.6. The van der Waals surface area contributed by atoms with Crippen LogP contribution in [0.5, 0.6) is 11.5 Å². The smallest absolute Gasteiger partial charge is 0.317 e. The van der Waals surface area contributed by atoms with Crippen LogP contribution >= 0.6 is 0 Å². The molecule has 0 aromatic heterocycles. The van der Waals surface area contributed by atoms with Gasteiger partial charge in [-0.15, -0.1) is 0 Å². The van der Waals surface area contributed by atoms with Crippen LogP contribution in [-0.4, -0.2) is 42.6 Å². The molecule has 0 heterocycles. The summed E-state index contributed by atoms with van der Waals surface area (Å²) in [4.78, 5) is 40.5. The van der Waals surface area contributed by atoms with E-state index in [-0.39, 0.29) is 13.2 Å². The predicted molar refractivity (Wildman–Crippen MR) is 142 cm³/mol. The van der Waals surface area contributed by atoms with Crippen LogP contribution in [0.15, 0.2) is 78.9 Å². The summed E-state index contributed by atoms with van der Waals surface area (Å²) in [6.07, 6.45) is -0.410. The van der Waals surface area contributed by atoms with Crippen LogP contribution in [0.2, 0.25) is 0 Å². The lowest BCUT2D eigenvalue weighted by Crippen LogP contribution is -2.55. The summed E-state index contributed by atoms with van der Waals surface area (Å²) in [5.41, 5.74) is 0.171. The molecule has 1 fully saturated rings. The van der Waals surface area contributed by atoms with Crippen LogP contribution in [0.4, 0.5) is 0 Å². The van der Waals surface area contributed by atoms with Gasteiger partial charge in [-0.25, -0.2) is 0 Å². The fourth-order valence-electron chi connectivity index (χ4n) is 5.11. The van der Waals surface area contributed by atoms with Gasteiger partial charge in [0.25, 0.3) is 0 Å². The minimum Gasteiger partial charge on any atom is -0.493 e. The Morgan fingerprint density at radius 3 is 1.90 bits per heavy atom. The molecule has 1 N–H and O–H groups in total. The van der Waals surface area contributed by atoms with E-state index in [4.69, 9.17) is 18.9 Å². The van der Waals surface area contributed by atoms with E-state index in [1.807, 2.05) is 48.5 Å². The van der Waals surface area contributed by atoms with Gasteiger partial charge in [0.1, 0.15) is 19.1 Å². The van der Waals surface area contributed by atoms with Crippen molar-refractivity contribution in [3.63, 3.8) is 0 Å². The molecule has 1 saturated carbocycles. The van der Waals surface area contributed by atoms with E-state index < -0.39 is 47.5 Å². The molecule has 8 nitrogen and oxygen atoms in total. The summed E-state index contributed by atoms with van der Waals surface area (Å²) in [6, 6.07) is 23.1. The summed E-state index contributed by atoms with van der Waals surface area (Å²) in [7, 11) is 2.95. The second-order valence-electron chi connectivity index (χ2n) is 9.78. The molecule has 0 spiro atoms. The number of ketones is 1. The first-order valence-electron chi connectivity index (χ1n) is 12.6. The number of carbonyl (C=O) groups is 3. The molecule has 4 rings (SSSR count). The maximum Gasteiger partial charge on any atom is 0.317 e. The van der Waals surface area contributed by atoms with Crippen molar-refractivity contribution >= 4 is 17.7 Å². The maximum absolute atomic E-state index is 13.6. The number of hydrogen-bond donors (Lipinski definition) is 1. The average molecular weight is 533 g/mol. The Morgan fingerprint density at radius 1 is 0.821 bits per heavy atom. The summed E-state index contributed by atoms with van der Waals surface area (Å²) in [5, 5.41) is 11.4. The van der Waals surface area contributed by atoms with E-state index in [1.54, 1.807) is 30.3 Å². The molecule has 8 heteroatoms. The topological polar surface area (TPSA) is 108 Å².